The predicted octanol–water partition coefficient (Wildman–Crippen LogP) is 6.71. The molecule has 0 heterocycles. The lowest BCUT2D eigenvalue weighted by Crippen LogP contribution is -2.54. The fourth-order valence-electron chi connectivity index (χ4n) is 4.96. The zero-order valence-corrected chi connectivity index (χ0v) is 27.7. The van der Waals surface area contributed by atoms with Crippen LogP contribution in [-0.2, 0) is 32.6 Å². The lowest BCUT2D eigenvalue weighted by Gasteiger charge is -2.34. The van der Waals surface area contributed by atoms with Gasteiger partial charge >= 0.3 is 0 Å². The van der Waals surface area contributed by atoms with Crippen molar-refractivity contribution in [3.63, 3.8) is 0 Å². The molecular weight excluding hydrogens is 606 g/mol. The molecule has 0 unspecified atom stereocenters. The molecule has 0 saturated carbocycles. The van der Waals surface area contributed by atoms with Crippen molar-refractivity contribution in [3.05, 3.63) is 130 Å². The number of carbonyl (C=O) groups excluding carboxylic acids is 2. The zero-order valence-electron chi connectivity index (χ0n) is 26.1. The average Bonchev–Trinajstić information content (AvgIpc) is 3.02. The van der Waals surface area contributed by atoms with Crippen molar-refractivity contribution in [2.75, 3.05) is 10.8 Å². The number of amides is 2. The minimum Gasteiger partial charge on any atom is -0.352 e. The van der Waals surface area contributed by atoms with E-state index in [-0.39, 0.29) is 35.5 Å². The van der Waals surface area contributed by atoms with E-state index < -0.39 is 28.5 Å². The molecule has 4 aromatic carbocycles. The molecule has 0 radical (unpaired) electrons. The summed E-state index contributed by atoms with van der Waals surface area (Å²) in [5.41, 5.74) is 3.84. The highest BCUT2D eigenvalue weighted by Gasteiger charge is 2.35. The number of benzene rings is 4. The van der Waals surface area contributed by atoms with Gasteiger partial charge in [-0.05, 0) is 74.2 Å². The highest BCUT2D eigenvalue weighted by atomic mass is 35.5. The molecule has 4 aromatic rings. The molecule has 0 aliphatic carbocycles. The minimum absolute atomic E-state index is 0.0432. The maximum Gasteiger partial charge on any atom is 0.264 e. The van der Waals surface area contributed by atoms with Crippen molar-refractivity contribution in [3.8, 4) is 0 Å². The number of halogens is 1. The molecular formula is C36H40ClN3O4S. The van der Waals surface area contributed by atoms with Gasteiger partial charge in [0.05, 0.1) is 10.6 Å². The number of carbonyl (C=O) groups is 2. The van der Waals surface area contributed by atoms with Crippen LogP contribution in [0.25, 0.3) is 0 Å². The summed E-state index contributed by atoms with van der Waals surface area (Å²) in [4.78, 5) is 30.0. The monoisotopic (exact) mass is 645 g/mol. The molecule has 7 nitrogen and oxygen atoms in total. The third-order valence-electron chi connectivity index (χ3n) is 7.86. The molecule has 0 aromatic heterocycles. The SMILES string of the molecule is CC[C@@H](C)NC(=O)[C@@H](Cc1ccccc1)N(Cc1ccccc1C)C(=O)CN(c1cccc(Cl)c1)S(=O)(=O)c1ccc(C)cc1. The minimum atomic E-state index is -4.20. The third kappa shape index (κ3) is 8.74. The number of aryl methyl sites for hydroxylation is 2. The van der Waals surface area contributed by atoms with Crippen LogP contribution in [0, 0.1) is 13.8 Å². The van der Waals surface area contributed by atoms with Crippen LogP contribution < -0.4 is 9.62 Å². The smallest absolute Gasteiger partial charge is 0.264 e. The summed E-state index contributed by atoms with van der Waals surface area (Å²) in [5.74, 6) is -0.819. The van der Waals surface area contributed by atoms with E-state index in [0.717, 1.165) is 26.6 Å². The number of nitrogens with one attached hydrogen (secondary N) is 1. The molecule has 9 heteroatoms. The molecule has 0 saturated heterocycles. The quantitative estimate of drug-likeness (QED) is 0.175. The Bertz CT molecular complexity index is 1710. The van der Waals surface area contributed by atoms with Gasteiger partial charge in [-0.3, -0.25) is 13.9 Å². The maximum atomic E-state index is 14.6. The topological polar surface area (TPSA) is 86.8 Å². The molecule has 45 heavy (non-hydrogen) atoms. The fraction of sp³-hybridized carbons (Fsp3) is 0.278. The van der Waals surface area contributed by atoms with Crippen molar-refractivity contribution in [1.82, 2.24) is 10.2 Å². The van der Waals surface area contributed by atoms with Crippen molar-refractivity contribution >= 4 is 39.1 Å². The maximum absolute atomic E-state index is 14.6. The van der Waals surface area contributed by atoms with Gasteiger partial charge < -0.3 is 10.2 Å². The largest absolute Gasteiger partial charge is 0.352 e. The first kappa shape index (κ1) is 33.7. The fourth-order valence-corrected chi connectivity index (χ4v) is 6.55. The van der Waals surface area contributed by atoms with E-state index in [1.807, 2.05) is 82.3 Å². The molecule has 0 fully saturated rings. The summed E-state index contributed by atoms with van der Waals surface area (Å²) in [6.45, 7) is 7.29. The van der Waals surface area contributed by atoms with Crippen LogP contribution in [0.15, 0.2) is 108 Å². The van der Waals surface area contributed by atoms with E-state index in [4.69, 9.17) is 11.6 Å². The van der Waals surface area contributed by atoms with Gasteiger partial charge in [-0.1, -0.05) is 96.9 Å². The van der Waals surface area contributed by atoms with Crippen molar-refractivity contribution in [2.24, 2.45) is 0 Å². The van der Waals surface area contributed by atoms with Gasteiger partial charge in [0.1, 0.15) is 12.6 Å². The van der Waals surface area contributed by atoms with E-state index in [9.17, 15) is 18.0 Å². The Balaban J connectivity index is 1.82. The molecule has 1 N–H and O–H groups in total. The normalized spacial score (nSPS) is 12.6. The first-order valence-corrected chi connectivity index (χ1v) is 16.8. The summed E-state index contributed by atoms with van der Waals surface area (Å²) in [7, 11) is -4.20. The number of hydrogen-bond acceptors (Lipinski definition) is 4. The average molecular weight is 646 g/mol. The Hall–Kier alpha value is -4.14. The standard InChI is InChI=1S/C36H40ClN3O4S/c1-5-28(4)38-36(42)34(22-29-13-7-6-8-14-29)39(24-30-15-10-9-12-27(30)3)35(41)25-40(32-17-11-16-31(37)23-32)45(43,44)33-20-18-26(2)19-21-33/h6-21,23,28,34H,5,22,24-25H2,1-4H3,(H,38,42)/t28-,34-/m1/s1. The third-order valence-corrected chi connectivity index (χ3v) is 9.88. The van der Waals surface area contributed by atoms with E-state index >= 15 is 0 Å². The van der Waals surface area contributed by atoms with E-state index in [1.54, 1.807) is 30.3 Å². The number of hydrogen-bond donors (Lipinski definition) is 1. The summed E-state index contributed by atoms with van der Waals surface area (Å²) < 4.78 is 29.3. The highest BCUT2D eigenvalue weighted by molar-refractivity contribution is 7.92. The van der Waals surface area contributed by atoms with Gasteiger partial charge in [0.25, 0.3) is 10.0 Å². The summed E-state index contributed by atoms with van der Waals surface area (Å²) in [6.07, 6.45) is 0.968. The van der Waals surface area contributed by atoms with E-state index in [2.05, 4.69) is 5.32 Å². The number of sulfonamides is 1. The highest BCUT2D eigenvalue weighted by Crippen LogP contribution is 2.27. The molecule has 4 rings (SSSR count). The van der Waals surface area contributed by atoms with Gasteiger partial charge in [0.2, 0.25) is 11.8 Å². The Kier molecular flexibility index (Phi) is 11.4. The van der Waals surface area contributed by atoms with Crippen LogP contribution in [0.3, 0.4) is 0 Å². The van der Waals surface area contributed by atoms with Crippen LogP contribution >= 0.6 is 11.6 Å². The lowest BCUT2D eigenvalue weighted by atomic mass is 10.0. The zero-order chi connectivity index (χ0) is 32.6. The lowest BCUT2D eigenvalue weighted by molar-refractivity contribution is -0.140. The van der Waals surface area contributed by atoms with E-state index in [0.29, 0.717) is 11.4 Å². The second kappa shape index (κ2) is 15.2. The number of rotatable bonds is 13. The Labute approximate surface area is 271 Å². The van der Waals surface area contributed by atoms with Gasteiger partial charge in [-0.2, -0.15) is 0 Å². The van der Waals surface area contributed by atoms with Gasteiger partial charge in [-0.25, -0.2) is 8.42 Å². The van der Waals surface area contributed by atoms with Crippen LogP contribution in [0.5, 0.6) is 0 Å². The van der Waals surface area contributed by atoms with Gasteiger partial charge in [0.15, 0.2) is 0 Å². The summed E-state index contributed by atoms with van der Waals surface area (Å²) in [5, 5.41) is 3.39. The molecule has 236 valence electrons. The summed E-state index contributed by atoms with van der Waals surface area (Å²) >= 11 is 6.30. The number of nitrogens with zero attached hydrogens (tertiary/aromatic N) is 2. The molecule has 0 spiro atoms. The van der Waals surface area contributed by atoms with Crippen LogP contribution in [-0.4, -0.2) is 43.8 Å². The Morgan fingerprint density at radius 3 is 2.18 bits per heavy atom. The van der Waals surface area contributed by atoms with Crippen molar-refractivity contribution < 1.29 is 18.0 Å². The van der Waals surface area contributed by atoms with Crippen molar-refractivity contribution in [1.29, 1.82) is 0 Å². The molecule has 2 amide bonds. The second-order valence-corrected chi connectivity index (χ2v) is 13.6. The first-order valence-electron chi connectivity index (χ1n) is 15.0. The molecule has 0 aliphatic rings. The predicted molar refractivity (Wildman–Crippen MR) is 181 cm³/mol. The Morgan fingerprint density at radius 1 is 0.867 bits per heavy atom. The van der Waals surface area contributed by atoms with E-state index in [1.165, 1.54) is 23.1 Å². The van der Waals surface area contributed by atoms with Gasteiger partial charge in [0, 0.05) is 24.0 Å². The van der Waals surface area contributed by atoms with Crippen molar-refractivity contribution in [2.45, 2.75) is 64.1 Å². The Morgan fingerprint density at radius 2 is 1.53 bits per heavy atom. The first-order chi connectivity index (χ1) is 21.5. The van der Waals surface area contributed by atoms with Crippen LogP contribution in [0.4, 0.5) is 5.69 Å². The molecule has 0 bridgehead atoms. The van der Waals surface area contributed by atoms with Crippen LogP contribution in [0.1, 0.15) is 42.5 Å². The number of anilines is 1. The molecule has 2 atom stereocenters. The second-order valence-electron chi connectivity index (χ2n) is 11.3. The summed E-state index contributed by atoms with van der Waals surface area (Å²) in [6, 6.07) is 29.0. The van der Waals surface area contributed by atoms with Crippen LogP contribution in [0.2, 0.25) is 5.02 Å². The molecule has 0 aliphatic heterocycles. The van der Waals surface area contributed by atoms with Gasteiger partial charge in [-0.15, -0.1) is 0 Å².